The highest BCUT2D eigenvalue weighted by atomic mass is 19.4. The van der Waals surface area contributed by atoms with Crippen molar-refractivity contribution >= 4 is 12.1 Å². The summed E-state index contributed by atoms with van der Waals surface area (Å²) < 4.78 is 83.7. The fourth-order valence-corrected chi connectivity index (χ4v) is 2.27. The van der Waals surface area contributed by atoms with Crippen LogP contribution in [0.5, 0.6) is 0 Å². The number of amides is 1. The average Bonchev–Trinajstić information content (AvgIpc) is 3.35. The normalized spacial score (nSPS) is 12.5. The minimum atomic E-state index is -4.99. The lowest BCUT2D eigenvalue weighted by atomic mass is 10.0. The monoisotopic (exact) mass is 431 g/mol. The van der Waals surface area contributed by atoms with Crippen LogP contribution in [0.25, 0.3) is 17.6 Å². The standard InChI is InChI=1S/C17H11F6N5O2/c18-16(19,20)11-3-10(4-12(5-11)17(21,22)23)15-26-8-28(27-15)2-1-14(29)25-7-13-6-24-9-30-13/h1-6,8-9H,7H2,(H,25,29)/b2-1-. The zero-order chi connectivity index (χ0) is 21.9. The van der Waals surface area contributed by atoms with Gasteiger partial charge in [0.05, 0.1) is 23.9 Å². The van der Waals surface area contributed by atoms with Gasteiger partial charge >= 0.3 is 12.4 Å². The molecule has 7 nitrogen and oxygen atoms in total. The molecule has 0 saturated heterocycles. The lowest BCUT2D eigenvalue weighted by molar-refractivity contribution is -0.143. The van der Waals surface area contributed by atoms with Crippen molar-refractivity contribution in [2.75, 3.05) is 0 Å². The lowest BCUT2D eigenvalue weighted by Crippen LogP contribution is -2.20. The zero-order valence-electron chi connectivity index (χ0n) is 14.7. The van der Waals surface area contributed by atoms with Gasteiger partial charge in [-0.15, -0.1) is 5.10 Å². The Bertz CT molecular complexity index is 1020. The summed E-state index contributed by atoms with van der Waals surface area (Å²) in [4.78, 5) is 19.1. The maximum absolute atomic E-state index is 13.0. The maximum atomic E-state index is 13.0. The lowest BCUT2D eigenvalue weighted by Gasteiger charge is -2.13. The van der Waals surface area contributed by atoms with Crippen LogP contribution >= 0.6 is 0 Å². The summed E-state index contributed by atoms with van der Waals surface area (Å²) in [6, 6.07) is 1.05. The molecule has 1 amide bonds. The molecule has 0 aliphatic carbocycles. The molecule has 0 radical (unpaired) electrons. The first-order valence-electron chi connectivity index (χ1n) is 8.07. The molecule has 2 aromatic heterocycles. The average molecular weight is 431 g/mol. The van der Waals surface area contributed by atoms with Gasteiger partial charge in [-0.25, -0.2) is 14.6 Å². The first kappa shape index (κ1) is 21.1. The second-order valence-corrected chi connectivity index (χ2v) is 5.84. The van der Waals surface area contributed by atoms with E-state index in [-0.39, 0.29) is 18.4 Å². The fraction of sp³-hybridized carbons (Fsp3) is 0.176. The van der Waals surface area contributed by atoms with Crippen LogP contribution in [0.4, 0.5) is 26.3 Å². The van der Waals surface area contributed by atoms with E-state index in [9.17, 15) is 31.1 Å². The maximum Gasteiger partial charge on any atom is 0.416 e. The van der Waals surface area contributed by atoms with Crippen molar-refractivity contribution < 1.29 is 35.6 Å². The molecule has 1 aromatic carbocycles. The number of halogens is 6. The van der Waals surface area contributed by atoms with Gasteiger partial charge in [-0.3, -0.25) is 4.79 Å². The van der Waals surface area contributed by atoms with E-state index in [1.165, 1.54) is 12.6 Å². The van der Waals surface area contributed by atoms with Crippen molar-refractivity contribution in [1.29, 1.82) is 0 Å². The highest BCUT2D eigenvalue weighted by Gasteiger charge is 2.37. The third-order valence-electron chi connectivity index (χ3n) is 3.65. The number of carbonyl (C=O) groups excluding carboxylic acids is 1. The summed E-state index contributed by atoms with van der Waals surface area (Å²) in [6.45, 7) is 0.0657. The van der Waals surface area contributed by atoms with Crippen LogP contribution in [-0.2, 0) is 23.7 Å². The van der Waals surface area contributed by atoms with Crippen molar-refractivity contribution in [3.63, 3.8) is 0 Å². The van der Waals surface area contributed by atoms with Gasteiger partial charge in [0.2, 0.25) is 5.91 Å². The second-order valence-electron chi connectivity index (χ2n) is 5.84. The van der Waals surface area contributed by atoms with Crippen molar-refractivity contribution in [2.45, 2.75) is 18.9 Å². The van der Waals surface area contributed by atoms with Crippen molar-refractivity contribution in [2.24, 2.45) is 0 Å². The summed E-state index contributed by atoms with van der Waals surface area (Å²) in [5.74, 6) is -0.523. The number of benzene rings is 1. The Labute approximate surface area is 164 Å². The second kappa shape index (κ2) is 8.00. The Hall–Kier alpha value is -3.64. The highest BCUT2D eigenvalue weighted by molar-refractivity contribution is 5.89. The van der Waals surface area contributed by atoms with E-state index in [2.05, 4.69) is 20.4 Å². The zero-order valence-corrected chi connectivity index (χ0v) is 14.7. The molecule has 0 fully saturated rings. The number of aromatic nitrogens is 4. The molecule has 2 heterocycles. The van der Waals surface area contributed by atoms with Crippen LogP contribution in [0, 0.1) is 0 Å². The largest absolute Gasteiger partial charge is 0.447 e. The fourth-order valence-electron chi connectivity index (χ4n) is 2.27. The van der Waals surface area contributed by atoms with Crippen LogP contribution in [-0.4, -0.2) is 25.7 Å². The van der Waals surface area contributed by atoms with Crippen LogP contribution in [0.1, 0.15) is 16.9 Å². The summed E-state index contributed by atoms with van der Waals surface area (Å²) in [5.41, 5.74) is -3.43. The van der Waals surface area contributed by atoms with Gasteiger partial charge in [-0.05, 0) is 18.2 Å². The molecule has 30 heavy (non-hydrogen) atoms. The van der Waals surface area contributed by atoms with Crippen molar-refractivity contribution in [3.8, 4) is 11.4 Å². The molecule has 3 rings (SSSR count). The minimum absolute atomic E-state index is 0.0132. The summed E-state index contributed by atoms with van der Waals surface area (Å²) in [6.07, 6.45) is -4.18. The van der Waals surface area contributed by atoms with Gasteiger partial charge in [0.1, 0.15) is 12.1 Å². The van der Waals surface area contributed by atoms with E-state index < -0.39 is 35.0 Å². The SMILES string of the molecule is O=C(/C=C\n1cnc(-c2cc(C(F)(F)F)cc(C(F)(F)F)c2)n1)NCc1cnco1. The predicted octanol–water partition coefficient (Wildman–Crippen LogP) is 3.76. The quantitative estimate of drug-likeness (QED) is 0.491. The van der Waals surface area contributed by atoms with Gasteiger partial charge in [0.15, 0.2) is 12.2 Å². The predicted molar refractivity (Wildman–Crippen MR) is 89.1 cm³/mol. The number of alkyl halides is 6. The molecule has 0 saturated carbocycles. The van der Waals surface area contributed by atoms with Gasteiger partial charge < -0.3 is 9.73 Å². The first-order chi connectivity index (χ1) is 14.0. The summed E-state index contributed by atoms with van der Waals surface area (Å²) >= 11 is 0. The van der Waals surface area contributed by atoms with E-state index in [0.717, 1.165) is 23.3 Å². The number of oxazole rings is 1. The molecule has 0 atom stereocenters. The third-order valence-corrected chi connectivity index (χ3v) is 3.65. The molecule has 0 aliphatic rings. The van der Waals surface area contributed by atoms with Crippen LogP contribution < -0.4 is 5.32 Å². The number of hydrogen-bond donors (Lipinski definition) is 1. The van der Waals surface area contributed by atoms with E-state index in [4.69, 9.17) is 4.42 Å². The number of hydrogen-bond acceptors (Lipinski definition) is 5. The van der Waals surface area contributed by atoms with Gasteiger partial charge in [-0.2, -0.15) is 26.3 Å². The molecular formula is C17H11F6N5O2. The number of carbonyl (C=O) groups is 1. The molecule has 13 heteroatoms. The first-order valence-corrected chi connectivity index (χ1v) is 8.07. The topological polar surface area (TPSA) is 85.8 Å². The number of nitrogens with zero attached hydrogens (tertiary/aromatic N) is 4. The molecular weight excluding hydrogens is 420 g/mol. The third kappa shape index (κ3) is 5.24. The summed E-state index contributed by atoms with van der Waals surface area (Å²) in [5, 5.41) is 6.26. The molecule has 3 aromatic rings. The number of rotatable bonds is 5. The van der Waals surface area contributed by atoms with E-state index in [0.29, 0.717) is 17.9 Å². The van der Waals surface area contributed by atoms with Crippen molar-refractivity contribution in [3.05, 3.63) is 60.1 Å². The highest BCUT2D eigenvalue weighted by Crippen LogP contribution is 2.37. The Morgan fingerprint density at radius 2 is 1.77 bits per heavy atom. The Kier molecular flexibility index (Phi) is 5.62. The molecule has 0 aliphatic heterocycles. The van der Waals surface area contributed by atoms with Crippen LogP contribution in [0.3, 0.4) is 0 Å². The van der Waals surface area contributed by atoms with Gasteiger partial charge in [0.25, 0.3) is 0 Å². The van der Waals surface area contributed by atoms with Crippen molar-refractivity contribution in [1.82, 2.24) is 25.1 Å². The smallest absolute Gasteiger partial charge is 0.416 e. The minimum Gasteiger partial charge on any atom is -0.447 e. The Morgan fingerprint density at radius 1 is 1.10 bits per heavy atom. The Morgan fingerprint density at radius 3 is 2.33 bits per heavy atom. The van der Waals surface area contributed by atoms with E-state index in [1.807, 2.05) is 0 Å². The van der Waals surface area contributed by atoms with Crippen LogP contribution in [0.15, 0.2) is 47.6 Å². The number of nitrogens with one attached hydrogen (secondary N) is 1. The van der Waals surface area contributed by atoms with E-state index in [1.54, 1.807) is 0 Å². The molecule has 0 spiro atoms. The van der Waals surface area contributed by atoms with Crippen LogP contribution in [0.2, 0.25) is 0 Å². The summed E-state index contributed by atoms with van der Waals surface area (Å²) in [7, 11) is 0. The van der Waals surface area contributed by atoms with E-state index >= 15 is 0 Å². The van der Waals surface area contributed by atoms with Gasteiger partial charge in [0, 0.05) is 17.8 Å². The Balaban J connectivity index is 1.78. The molecule has 0 unspecified atom stereocenters. The molecule has 0 bridgehead atoms. The molecule has 1 N–H and O–H groups in total. The molecule has 158 valence electrons. The van der Waals surface area contributed by atoms with Gasteiger partial charge in [-0.1, -0.05) is 0 Å².